The second kappa shape index (κ2) is 11.5. The molecule has 0 aliphatic heterocycles. The molecule has 88 valence electrons. The van der Waals surface area contributed by atoms with Crippen molar-refractivity contribution in [1.29, 1.82) is 0 Å². The maximum Gasteiger partial charge on any atom is 0.134 e. The molecule has 0 radical (unpaired) electrons. The van der Waals surface area contributed by atoms with Gasteiger partial charge in [0.2, 0.25) is 0 Å². The number of Topliss-reactive ketones (excluding diaryl/α,β-unsaturated/α-hetero) is 1. The number of carbonyl (C=O) groups is 1. The summed E-state index contributed by atoms with van der Waals surface area (Å²) in [6, 6.07) is 7.49. The van der Waals surface area contributed by atoms with Gasteiger partial charge in [-0.1, -0.05) is 45.7 Å². The molecule has 0 aliphatic rings. The van der Waals surface area contributed by atoms with Gasteiger partial charge >= 0.3 is 0 Å². The second-order valence-corrected chi connectivity index (χ2v) is 2.72. The van der Waals surface area contributed by atoms with Crippen LogP contribution in [0.2, 0.25) is 0 Å². The molecule has 0 atom stereocenters. The normalized spacial score (nSPS) is 7.50. The van der Waals surface area contributed by atoms with E-state index in [4.69, 9.17) is 6.42 Å². The Labute approximate surface area is 99.9 Å². The fraction of sp³-hybridized carbons (Fsp3) is 0.400. The van der Waals surface area contributed by atoms with Crippen molar-refractivity contribution in [1.82, 2.24) is 0 Å². The summed E-state index contributed by atoms with van der Waals surface area (Å²) in [6.45, 7) is 9.57. The van der Waals surface area contributed by atoms with Gasteiger partial charge in [-0.3, -0.25) is 4.79 Å². The zero-order valence-electron chi connectivity index (χ0n) is 11.0. The summed E-state index contributed by atoms with van der Waals surface area (Å²) in [4.78, 5) is 10.8. The molecule has 0 bridgehead atoms. The highest BCUT2D eigenvalue weighted by Gasteiger charge is 1.96. The highest BCUT2D eigenvalue weighted by atomic mass is 16.1. The third-order valence-corrected chi connectivity index (χ3v) is 1.55. The van der Waals surface area contributed by atoms with Crippen molar-refractivity contribution in [2.24, 2.45) is 0 Å². The molecule has 1 heteroatoms. The molecule has 1 rings (SSSR count). The molecule has 0 N–H and O–H groups in total. The lowest BCUT2D eigenvalue weighted by molar-refractivity contribution is -0.116. The molecule has 0 heterocycles. The van der Waals surface area contributed by atoms with Gasteiger partial charge in [0.05, 0.1) is 0 Å². The quantitative estimate of drug-likeness (QED) is 0.689. The Morgan fingerprint density at radius 2 is 1.81 bits per heavy atom. The van der Waals surface area contributed by atoms with Gasteiger partial charge < -0.3 is 0 Å². The predicted octanol–water partition coefficient (Wildman–Crippen LogP) is 3.85. The molecular formula is C15H22O. The van der Waals surface area contributed by atoms with E-state index in [1.807, 2.05) is 52.0 Å². The van der Waals surface area contributed by atoms with Crippen LogP contribution in [0.5, 0.6) is 0 Å². The van der Waals surface area contributed by atoms with Gasteiger partial charge in [0.15, 0.2) is 0 Å². The van der Waals surface area contributed by atoms with Crippen LogP contribution in [0.4, 0.5) is 0 Å². The highest BCUT2D eigenvalue weighted by molar-refractivity contribution is 5.78. The van der Waals surface area contributed by atoms with E-state index in [1.165, 1.54) is 0 Å². The van der Waals surface area contributed by atoms with Crippen LogP contribution in [0.25, 0.3) is 0 Å². The van der Waals surface area contributed by atoms with Crippen molar-refractivity contribution in [2.45, 2.75) is 41.0 Å². The largest absolute Gasteiger partial charge is 0.300 e. The maximum absolute atomic E-state index is 10.8. The molecule has 0 spiro atoms. The molecule has 1 aromatic rings. The van der Waals surface area contributed by atoms with E-state index in [9.17, 15) is 4.79 Å². The minimum Gasteiger partial charge on any atom is -0.300 e. The summed E-state index contributed by atoms with van der Waals surface area (Å²) in [5.41, 5.74) is 1.81. The van der Waals surface area contributed by atoms with Crippen LogP contribution in [0.3, 0.4) is 0 Å². The first-order valence-corrected chi connectivity index (χ1v) is 5.77. The number of benzene rings is 1. The van der Waals surface area contributed by atoms with Gasteiger partial charge in [-0.15, -0.1) is 6.42 Å². The average molecular weight is 218 g/mol. The van der Waals surface area contributed by atoms with E-state index >= 15 is 0 Å². The summed E-state index contributed by atoms with van der Waals surface area (Å²) in [5, 5.41) is 0. The molecule has 1 nitrogen and oxygen atoms in total. The van der Waals surface area contributed by atoms with Gasteiger partial charge in [0, 0.05) is 12.0 Å². The van der Waals surface area contributed by atoms with Crippen molar-refractivity contribution >= 4 is 5.78 Å². The van der Waals surface area contributed by atoms with E-state index in [0.29, 0.717) is 6.42 Å². The van der Waals surface area contributed by atoms with Gasteiger partial charge in [-0.2, -0.15) is 0 Å². The first-order chi connectivity index (χ1) is 7.72. The van der Waals surface area contributed by atoms with Gasteiger partial charge in [-0.25, -0.2) is 0 Å². The molecule has 1 aromatic carbocycles. The summed E-state index contributed by atoms with van der Waals surface area (Å²) in [6.07, 6.45) is 5.68. The van der Waals surface area contributed by atoms with Gasteiger partial charge in [0.25, 0.3) is 0 Å². The Hall–Kier alpha value is -1.55. The van der Waals surface area contributed by atoms with Gasteiger partial charge in [-0.05, 0) is 24.6 Å². The maximum atomic E-state index is 10.8. The molecule has 0 amide bonds. The van der Waals surface area contributed by atoms with Gasteiger partial charge in [0.1, 0.15) is 5.78 Å². The Morgan fingerprint density at radius 3 is 2.25 bits per heavy atom. The fourth-order valence-corrected chi connectivity index (χ4v) is 1.06. The summed E-state index contributed by atoms with van der Waals surface area (Å²) in [7, 11) is 0. The van der Waals surface area contributed by atoms with Crippen LogP contribution < -0.4 is 0 Å². The summed E-state index contributed by atoms with van der Waals surface area (Å²) >= 11 is 0. The molecular weight excluding hydrogens is 196 g/mol. The smallest absolute Gasteiger partial charge is 0.134 e. The minimum absolute atomic E-state index is 0.157. The number of terminal acetylenes is 1. The number of carbonyl (C=O) groups excluding carboxylic acids is 1. The van der Waals surface area contributed by atoms with Crippen LogP contribution in [0.15, 0.2) is 24.3 Å². The van der Waals surface area contributed by atoms with E-state index in [-0.39, 0.29) is 5.78 Å². The van der Waals surface area contributed by atoms with Crippen LogP contribution in [0, 0.1) is 12.3 Å². The van der Waals surface area contributed by atoms with E-state index in [1.54, 1.807) is 6.92 Å². The van der Waals surface area contributed by atoms with Crippen LogP contribution in [-0.4, -0.2) is 5.78 Å². The number of hydrogen-bond acceptors (Lipinski definition) is 1. The monoisotopic (exact) mass is 218 g/mol. The van der Waals surface area contributed by atoms with Crippen LogP contribution in [0.1, 0.15) is 45.7 Å². The lowest BCUT2D eigenvalue weighted by atomic mass is 10.1. The van der Waals surface area contributed by atoms with Crippen molar-refractivity contribution in [3.05, 3.63) is 35.4 Å². The standard InChI is InChI=1S/C11H10O.2C2H6/c1-3-10-5-4-6-11(8-10)7-9(2)12;2*1-2/h1,4-6,8H,7H2,2H3;2*1-2H3. The van der Waals surface area contributed by atoms with Crippen LogP contribution >= 0.6 is 0 Å². The highest BCUT2D eigenvalue weighted by Crippen LogP contribution is 2.04. The lowest BCUT2D eigenvalue weighted by Crippen LogP contribution is -1.95. The molecule has 0 saturated heterocycles. The molecule has 0 fully saturated rings. The Kier molecular flexibility index (Phi) is 12.1. The molecule has 0 aliphatic carbocycles. The number of rotatable bonds is 2. The molecule has 0 saturated carbocycles. The van der Waals surface area contributed by atoms with Crippen LogP contribution in [-0.2, 0) is 11.2 Å². The predicted molar refractivity (Wildman–Crippen MR) is 71.5 cm³/mol. The molecule has 0 aromatic heterocycles. The lowest BCUT2D eigenvalue weighted by Gasteiger charge is -1.97. The zero-order chi connectivity index (χ0) is 13.0. The Balaban J connectivity index is 0. The summed E-state index contributed by atoms with van der Waals surface area (Å²) < 4.78 is 0. The fourth-order valence-electron chi connectivity index (χ4n) is 1.06. The average Bonchev–Trinajstić information content (AvgIpc) is 2.33. The SMILES string of the molecule is C#Cc1cccc(CC(C)=O)c1.CC.CC. The first kappa shape index (κ1) is 16.9. The van der Waals surface area contributed by atoms with E-state index in [0.717, 1.165) is 11.1 Å². The van der Waals surface area contributed by atoms with Crippen molar-refractivity contribution in [3.63, 3.8) is 0 Å². The second-order valence-electron chi connectivity index (χ2n) is 2.72. The molecule has 0 unspecified atom stereocenters. The Morgan fingerprint density at radius 1 is 1.25 bits per heavy atom. The van der Waals surface area contributed by atoms with E-state index in [2.05, 4.69) is 5.92 Å². The first-order valence-electron chi connectivity index (χ1n) is 5.77. The van der Waals surface area contributed by atoms with E-state index < -0.39 is 0 Å². The van der Waals surface area contributed by atoms with Crippen molar-refractivity contribution < 1.29 is 4.79 Å². The topological polar surface area (TPSA) is 17.1 Å². The zero-order valence-corrected chi connectivity index (χ0v) is 11.0. The number of ketones is 1. The number of hydrogen-bond donors (Lipinski definition) is 0. The third-order valence-electron chi connectivity index (χ3n) is 1.55. The van der Waals surface area contributed by atoms with Crippen molar-refractivity contribution in [2.75, 3.05) is 0 Å². The summed E-state index contributed by atoms with van der Waals surface area (Å²) in [5.74, 6) is 2.69. The Bertz CT molecular complexity index is 332. The third kappa shape index (κ3) is 7.82. The van der Waals surface area contributed by atoms with Crippen molar-refractivity contribution in [3.8, 4) is 12.3 Å². The molecule has 16 heavy (non-hydrogen) atoms. The minimum atomic E-state index is 0.157.